The van der Waals surface area contributed by atoms with Gasteiger partial charge in [0, 0.05) is 10.1 Å². The molecule has 0 aliphatic heterocycles. The van der Waals surface area contributed by atoms with Crippen LogP contribution in [0.25, 0.3) is 0 Å². The van der Waals surface area contributed by atoms with Gasteiger partial charge in [-0.05, 0) is 35.6 Å². The summed E-state index contributed by atoms with van der Waals surface area (Å²) in [6.45, 7) is 1.44. The summed E-state index contributed by atoms with van der Waals surface area (Å²) < 4.78 is 45.3. The van der Waals surface area contributed by atoms with E-state index >= 15 is 0 Å². The molecule has 1 aromatic heterocycles. The third-order valence-electron chi connectivity index (χ3n) is 1.90. The molecule has 0 aliphatic rings. The molecule has 0 radical (unpaired) electrons. The quantitative estimate of drug-likeness (QED) is 0.631. The Hall–Kier alpha value is -1.10. The first-order chi connectivity index (χ1) is 8.78. The van der Waals surface area contributed by atoms with Crippen molar-refractivity contribution >= 4 is 28.6 Å². The lowest BCUT2D eigenvalue weighted by atomic mass is 10.2. The highest BCUT2D eigenvalue weighted by molar-refractivity contribution is 14.1. The van der Waals surface area contributed by atoms with Gasteiger partial charge < -0.3 is 15.2 Å². The van der Waals surface area contributed by atoms with Gasteiger partial charge in [-0.15, -0.1) is 13.2 Å². The van der Waals surface area contributed by atoms with Crippen LogP contribution in [0.3, 0.4) is 0 Å². The van der Waals surface area contributed by atoms with Crippen molar-refractivity contribution in [2.24, 2.45) is 5.73 Å². The summed E-state index contributed by atoms with van der Waals surface area (Å²) in [6.07, 6.45) is -4.85. The molecule has 0 aromatic carbocycles. The van der Waals surface area contributed by atoms with Crippen LogP contribution in [-0.4, -0.2) is 23.9 Å². The number of aromatic nitrogens is 1. The largest absolute Gasteiger partial charge is 0.573 e. The first-order valence-electron chi connectivity index (χ1n) is 5.10. The molecule has 0 amide bonds. The zero-order valence-electron chi connectivity index (χ0n) is 9.75. The molecule has 19 heavy (non-hydrogen) atoms. The van der Waals surface area contributed by atoms with Crippen molar-refractivity contribution in [3.63, 3.8) is 0 Å². The standard InChI is InChI=1S/C10H10F3IN2O3/c1-2-18-9(17)8-5(14)3-7(6(4-15)16-8)19-10(11,12)13/h3H,2,4,15H2,1H3. The van der Waals surface area contributed by atoms with Gasteiger partial charge in [0.25, 0.3) is 0 Å². The molecule has 0 spiro atoms. The number of rotatable bonds is 4. The molecular weight excluding hydrogens is 380 g/mol. The highest BCUT2D eigenvalue weighted by Crippen LogP contribution is 2.28. The minimum Gasteiger partial charge on any atom is -0.461 e. The Morgan fingerprint density at radius 1 is 1.53 bits per heavy atom. The van der Waals surface area contributed by atoms with E-state index < -0.39 is 18.1 Å². The maximum Gasteiger partial charge on any atom is 0.573 e. The topological polar surface area (TPSA) is 74.4 Å². The van der Waals surface area contributed by atoms with Gasteiger partial charge in [0.1, 0.15) is 0 Å². The Morgan fingerprint density at radius 3 is 2.63 bits per heavy atom. The average Bonchev–Trinajstić information content (AvgIpc) is 2.27. The summed E-state index contributed by atoms with van der Waals surface area (Å²) in [5.41, 5.74) is 5.05. The molecule has 0 saturated carbocycles. The molecule has 0 fully saturated rings. The maximum absolute atomic E-state index is 12.2. The number of carbonyl (C=O) groups excluding carboxylic acids is 1. The fourth-order valence-electron chi connectivity index (χ4n) is 1.21. The van der Waals surface area contributed by atoms with E-state index in [1.165, 1.54) is 0 Å². The molecule has 0 aliphatic carbocycles. The Labute approximate surface area is 120 Å². The van der Waals surface area contributed by atoms with Crippen LogP contribution in [0.1, 0.15) is 23.1 Å². The van der Waals surface area contributed by atoms with Gasteiger partial charge in [-0.3, -0.25) is 0 Å². The summed E-state index contributed by atoms with van der Waals surface area (Å²) >= 11 is 1.67. The van der Waals surface area contributed by atoms with E-state index in [-0.39, 0.29) is 28.1 Å². The maximum atomic E-state index is 12.2. The van der Waals surface area contributed by atoms with E-state index in [1.807, 2.05) is 0 Å². The summed E-state index contributed by atoms with van der Waals surface area (Å²) in [5, 5.41) is 0. The summed E-state index contributed by atoms with van der Waals surface area (Å²) in [4.78, 5) is 15.3. The van der Waals surface area contributed by atoms with Gasteiger partial charge in [0.15, 0.2) is 11.4 Å². The van der Waals surface area contributed by atoms with Crippen molar-refractivity contribution in [1.82, 2.24) is 4.98 Å². The van der Waals surface area contributed by atoms with Gasteiger partial charge in [-0.2, -0.15) is 0 Å². The second kappa shape index (κ2) is 6.37. The summed E-state index contributed by atoms with van der Waals surface area (Å²) in [6, 6.07) is 1.05. The van der Waals surface area contributed by atoms with Crippen molar-refractivity contribution in [3.8, 4) is 5.75 Å². The molecule has 1 heterocycles. The van der Waals surface area contributed by atoms with Crippen LogP contribution >= 0.6 is 22.6 Å². The molecule has 5 nitrogen and oxygen atoms in total. The smallest absolute Gasteiger partial charge is 0.461 e. The van der Waals surface area contributed by atoms with Crippen LogP contribution in [0.2, 0.25) is 0 Å². The van der Waals surface area contributed by atoms with E-state index in [1.54, 1.807) is 29.5 Å². The van der Waals surface area contributed by atoms with Crippen LogP contribution in [0, 0.1) is 3.57 Å². The number of alkyl halides is 3. The van der Waals surface area contributed by atoms with E-state index in [0.717, 1.165) is 6.07 Å². The van der Waals surface area contributed by atoms with Crippen LogP contribution in [0.15, 0.2) is 6.07 Å². The van der Waals surface area contributed by atoms with Crippen LogP contribution in [0.4, 0.5) is 13.2 Å². The number of hydrogen-bond donors (Lipinski definition) is 1. The number of halogens is 4. The van der Waals surface area contributed by atoms with Crippen molar-refractivity contribution in [3.05, 3.63) is 21.0 Å². The predicted octanol–water partition coefficient (Wildman–Crippen LogP) is 2.22. The number of nitrogens with two attached hydrogens (primary N) is 1. The second-order valence-electron chi connectivity index (χ2n) is 3.24. The fourth-order valence-corrected chi connectivity index (χ4v) is 1.84. The fraction of sp³-hybridized carbons (Fsp3) is 0.400. The second-order valence-corrected chi connectivity index (χ2v) is 4.40. The zero-order valence-corrected chi connectivity index (χ0v) is 11.9. The first kappa shape index (κ1) is 16.0. The van der Waals surface area contributed by atoms with Crippen molar-refractivity contribution in [2.75, 3.05) is 6.61 Å². The molecule has 0 saturated heterocycles. The lowest BCUT2D eigenvalue weighted by Gasteiger charge is -2.13. The number of pyridine rings is 1. The van der Waals surface area contributed by atoms with E-state index in [0.29, 0.717) is 0 Å². The predicted molar refractivity (Wildman–Crippen MR) is 67.5 cm³/mol. The lowest BCUT2D eigenvalue weighted by Crippen LogP contribution is -2.21. The highest BCUT2D eigenvalue weighted by atomic mass is 127. The number of nitrogens with zero attached hydrogens (tertiary/aromatic N) is 1. The van der Waals surface area contributed by atoms with E-state index in [9.17, 15) is 18.0 Å². The molecule has 0 unspecified atom stereocenters. The van der Waals surface area contributed by atoms with Crippen molar-refractivity contribution < 1.29 is 27.4 Å². The monoisotopic (exact) mass is 390 g/mol. The molecule has 0 bridgehead atoms. The molecule has 0 atom stereocenters. The SMILES string of the molecule is CCOC(=O)c1nc(CN)c(OC(F)(F)F)cc1I. The molecule has 2 N–H and O–H groups in total. The van der Waals surface area contributed by atoms with Crippen LogP contribution in [0.5, 0.6) is 5.75 Å². The van der Waals surface area contributed by atoms with Crippen molar-refractivity contribution in [2.45, 2.75) is 19.8 Å². The summed E-state index contributed by atoms with van der Waals surface area (Å²) in [5.74, 6) is -1.24. The number of esters is 1. The molecule has 106 valence electrons. The summed E-state index contributed by atoms with van der Waals surface area (Å²) in [7, 11) is 0. The number of ether oxygens (including phenoxy) is 2. The Morgan fingerprint density at radius 2 is 2.16 bits per heavy atom. The Kier molecular flexibility index (Phi) is 5.35. The number of hydrogen-bond acceptors (Lipinski definition) is 5. The van der Waals surface area contributed by atoms with E-state index in [2.05, 4.69) is 9.72 Å². The van der Waals surface area contributed by atoms with Gasteiger partial charge in [-0.1, -0.05) is 0 Å². The van der Waals surface area contributed by atoms with Gasteiger partial charge in [0.2, 0.25) is 0 Å². The van der Waals surface area contributed by atoms with Gasteiger partial charge in [-0.25, -0.2) is 9.78 Å². The molecule has 1 rings (SSSR count). The zero-order chi connectivity index (χ0) is 14.6. The third-order valence-corrected chi connectivity index (χ3v) is 2.73. The molecule has 9 heteroatoms. The third kappa shape index (κ3) is 4.49. The van der Waals surface area contributed by atoms with Gasteiger partial charge >= 0.3 is 12.3 Å². The lowest BCUT2D eigenvalue weighted by molar-refractivity contribution is -0.275. The number of carbonyl (C=O) groups is 1. The van der Waals surface area contributed by atoms with Crippen LogP contribution in [-0.2, 0) is 11.3 Å². The van der Waals surface area contributed by atoms with Crippen LogP contribution < -0.4 is 10.5 Å². The van der Waals surface area contributed by atoms with Crippen molar-refractivity contribution in [1.29, 1.82) is 0 Å². The van der Waals surface area contributed by atoms with E-state index in [4.69, 9.17) is 10.5 Å². The average molecular weight is 390 g/mol. The first-order valence-corrected chi connectivity index (χ1v) is 6.18. The van der Waals surface area contributed by atoms with Gasteiger partial charge in [0.05, 0.1) is 12.3 Å². The minimum absolute atomic E-state index is 0.0857. The molecular formula is C10H10F3IN2O3. The minimum atomic E-state index is -4.85. The highest BCUT2D eigenvalue weighted by Gasteiger charge is 2.33. The Balaban J connectivity index is 3.17. The molecule has 1 aromatic rings. The Bertz CT molecular complexity index is 480. The normalized spacial score (nSPS) is 11.3.